The summed E-state index contributed by atoms with van der Waals surface area (Å²) in [4.78, 5) is 22.5. The van der Waals surface area contributed by atoms with Gasteiger partial charge in [0.15, 0.2) is 0 Å². The van der Waals surface area contributed by atoms with Crippen molar-refractivity contribution < 1.29 is 27.5 Å². The topological polar surface area (TPSA) is 114 Å². The lowest BCUT2D eigenvalue weighted by Gasteiger charge is -2.22. The molecule has 1 aromatic rings. The fourth-order valence-electron chi connectivity index (χ4n) is 2.36. The molecule has 1 heterocycles. The highest BCUT2D eigenvalue weighted by atomic mass is 32.2. The van der Waals surface area contributed by atoms with E-state index in [1.54, 1.807) is 0 Å². The molecule has 2 rings (SSSR count). The van der Waals surface area contributed by atoms with Crippen molar-refractivity contribution in [3.63, 3.8) is 0 Å². The van der Waals surface area contributed by atoms with Crippen molar-refractivity contribution in [1.29, 1.82) is 0 Å². The van der Waals surface area contributed by atoms with Gasteiger partial charge < -0.3 is 14.8 Å². The van der Waals surface area contributed by atoms with Gasteiger partial charge in [-0.3, -0.25) is 4.79 Å². The summed E-state index contributed by atoms with van der Waals surface area (Å²) in [6, 6.07) is 2.12. The molecule has 2 N–H and O–H groups in total. The van der Waals surface area contributed by atoms with Gasteiger partial charge in [-0.1, -0.05) is 19.3 Å². The summed E-state index contributed by atoms with van der Waals surface area (Å²) in [7, 11) is -3.97. The number of carbonyl (C=O) groups is 2. The second kappa shape index (κ2) is 6.30. The SMILES string of the molecule is O=C(CS(=O)(=O)c1ccc(C(=O)O)o1)NC1CCCCC1. The maximum absolute atomic E-state index is 12.0. The maximum atomic E-state index is 12.0. The van der Waals surface area contributed by atoms with Crippen LogP contribution in [0.5, 0.6) is 0 Å². The Hall–Kier alpha value is -1.83. The normalized spacial score (nSPS) is 16.6. The van der Waals surface area contributed by atoms with Gasteiger partial charge in [0.05, 0.1) is 0 Å². The van der Waals surface area contributed by atoms with Crippen LogP contribution in [0.3, 0.4) is 0 Å². The van der Waals surface area contributed by atoms with Crippen LogP contribution in [0.1, 0.15) is 42.7 Å². The first-order valence-corrected chi connectivity index (χ1v) is 8.39. The molecular weight excluding hydrogens is 298 g/mol. The van der Waals surface area contributed by atoms with Crippen molar-refractivity contribution >= 4 is 21.7 Å². The number of amides is 1. The Kier molecular flexibility index (Phi) is 4.66. The number of nitrogens with one attached hydrogen (secondary N) is 1. The molecule has 7 nitrogen and oxygen atoms in total. The predicted octanol–water partition coefficient (Wildman–Crippen LogP) is 1.20. The van der Waals surface area contributed by atoms with E-state index in [4.69, 9.17) is 9.52 Å². The smallest absolute Gasteiger partial charge is 0.371 e. The summed E-state index contributed by atoms with van der Waals surface area (Å²) in [5.74, 6) is -3.16. The van der Waals surface area contributed by atoms with Crippen molar-refractivity contribution in [2.24, 2.45) is 0 Å². The maximum Gasteiger partial charge on any atom is 0.371 e. The fraction of sp³-hybridized carbons (Fsp3) is 0.538. The van der Waals surface area contributed by atoms with Crippen LogP contribution >= 0.6 is 0 Å². The Bertz CT molecular complexity index is 627. The highest BCUT2D eigenvalue weighted by molar-refractivity contribution is 7.92. The van der Waals surface area contributed by atoms with E-state index in [2.05, 4.69) is 5.32 Å². The zero-order chi connectivity index (χ0) is 15.5. The van der Waals surface area contributed by atoms with E-state index < -0.39 is 38.3 Å². The van der Waals surface area contributed by atoms with Gasteiger partial charge in [-0.05, 0) is 25.0 Å². The van der Waals surface area contributed by atoms with Gasteiger partial charge in [-0.15, -0.1) is 0 Å². The van der Waals surface area contributed by atoms with E-state index in [0.717, 1.165) is 44.2 Å². The third kappa shape index (κ3) is 4.07. The first kappa shape index (κ1) is 15.6. The van der Waals surface area contributed by atoms with E-state index in [-0.39, 0.29) is 6.04 Å². The molecular formula is C13H17NO6S. The zero-order valence-electron chi connectivity index (χ0n) is 11.4. The average Bonchev–Trinajstić information content (AvgIpc) is 2.89. The van der Waals surface area contributed by atoms with E-state index in [1.165, 1.54) is 0 Å². The molecule has 1 fully saturated rings. The number of hydrogen-bond acceptors (Lipinski definition) is 5. The van der Waals surface area contributed by atoms with Crippen LogP contribution < -0.4 is 5.32 Å². The average molecular weight is 315 g/mol. The Balaban J connectivity index is 1.99. The highest BCUT2D eigenvalue weighted by Crippen LogP contribution is 2.18. The van der Waals surface area contributed by atoms with Crippen LogP contribution in [0.4, 0.5) is 0 Å². The molecule has 1 aromatic heterocycles. The third-order valence-electron chi connectivity index (χ3n) is 3.39. The Morgan fingerprint density at radius 2 is 1.90 bits per heavy atom. The summed E-state index contributed by atoms with van der Waals surface area (Å²) in [5.41, 5.74) is 0. The number of aromatic carboxylic acids is 1. The van der Waals surface area contributed by atoms with Gasteiger partial charge in [0.25, 0.3) is 0 Å². The Morgan fingerprint density at radius 3 is 2.48 bits per heavy atom. The summed E-state index contributed by atoms with van der Waals surface area (Å²) >= 11 is 0. The first-order valence-electron chi connectivity index (χ1n) is 6.74. The third-order valence-corrected chi connectivity index (χ3v) is 4.86. The van der Waals surface area contributed by atoms with Gasteiger partial charge in [0, 0.05) is 6.04 Å². The molecule has 1 saturated carbocycles. The van der Waals surface area contributed by atoms with E-state index in [0.29, 0.717) is 0 Å². The number of carboxylic acids is 1. The predicted molar refractivity (Wildman–Crippen MR) is 72.7 cm³/mol. The fourth-order valence-corrected chi connectivity index (χ4v) is 3.43. The molecule has 0 spiro atoms. The van der Waals surface area contributed by atoms with Gasteiger partial charge >= 0.3 is 5.97 Å². The molecule has 21 heavy (non-hydrogen) atoms. The van der Waals surface area contributed by atoms with Gasteiger partial charge in [-0.25, -0.2) is 13.2 Å². The van der Waals surface area contributed by atoms with Crippen LogP contribution in [-0.4, -0.2) is 37.2 Å². The summed E-state index contributed by atoms with van der Waals surface area (Å²) in [5, 5.41) is 10.9. The zero-order valence-corrected chi connectivity index (χ0v) is 12.2. The van der Waals surface area contributed by atoms with Gasteiger partial charge in [-0.2, -0.15) is 0 Å². The molecule has 0 bridgehead atoms. The summed E-state index contributed by atoms with van der Waals surface area (Å²) in [6.45, 7) is 0. The number of carbonyl (C=O) groups excluding carboxylic acids is 1. The largest absolute Gasteiger partial charge is 0.475 e. The second-order valence-electron chi connectivity index (χ2n) is 5.09. The first-order chi connectivity index (χ1) is 9.88. The van der Waals surface area contributed by atoms with Crippen LogP contribution in [0.25, 0.3) is 0 Å². The lowest BCUT2D eigenvalue weighted by molar-refractivity contribution is -0.119. The second-order valence-corrected chi connectivity index (χ2v) is 7.01. The summed E-state index contributed by atoms with van der Waals surface area (Å²) in [6.07, 6.45) is 4.90. The molecule has 116 valence electrons. The minimum Gasteiger partial charge on any atom is -0.475 e. The standard InChI is InChI=1S/C13H17NO6S/c15-11(14-9-4-2-1-3-5-9)8-21(18,19)12-7-6-10(20-12)13(16)17/h6-7,9H,1-5,8H2,(H,14,15)(H,16,17). The molecule has 0 aromatic carbocycles. The van der Waals surface area contributed by atoms with E-state index >= 15 is 0 Å². The van der Waals surface area contributed by atoms with Crippen molar-refractivity contribution in [3.05, 3.63) is 17.9 Å². The van der Waals surface area contributed by atoms with E-state index in [1.807, 2.05) is 0 Å². The number of hydrogen-bond donors (Lipinski definition) is 2. The molecule has 1 aliphatic rings. The highest BCUT2D eigenvalue weighted by Gasteiger charge is 2.26. The number of rotatable bonds is 5. The number of furan rings is 1. The van der Waals surface area contributed by atoms with Crippen molar-refractivity contribution in [2.45, 2.75) is 43.2 Å². The molecule has 1 aliphatic carbocycles. The molecule has 0 radical (unpaired) electrons. The quantitative estimate of drug-likeness (QED) is 0.844. The van der Waals surface area contributed by atoms with E-state index in [9.17, 15) is 18.0 Å². The van der Waals surface area contributed by atoms with Crippen LogP contribution in [0, 0.1) is 0 Å². The van der Waals surface area contributed by atoms with Gasteiger partial charge in [0.2, 0.25) is 26.6 Å². The summed E-state index contributed by atoms with van der Waals surface area (Å²) < 4.78 is 28.7. The molecule has 0 unspecified atom stereocenters. The minimum atomic E-state index is -3.97. The minimum absolute atomic E-state index is 0.0210. The lowest BCUT2D eigenvalue weighted by Crippen LogP contribution is -2.39. The molecule has 8 heteroatoms. The Morgan fingerprint density at radius 1 is 1.24 bits per heavy atom. The lowest BCUT2D eigenvalue weighted by atomic mass is 9.95. The van der Waals surface area contributed by atoms with Crippen molar-refractivity contribution in [1.82, 2.24) is 5.32 Å². The molecule has 0 saturated heterocycles. The van der Waals surface area contributed by atoms with Crippen molar-refractivity contribution in [3.8, 4) is 0 Å². The van der Waals surface area contributed by atoms with Gasteiger partial charge in [0.1, 0.15) is 5.75 Å². The van der Waals surface area contributed by atoms with Crippen molar-refractivity contribution in [2.75, 3.05) is 5.75 Å². The molecule has 0 atom stereocenters. The number of carboxylic acid groups (broad SMARTS) is 1. The van der Waals surface area contributed by atoms with Crippen LogP contribution in [0.15, 0.2) is 21.6 Å². The van der Waals surface area contributed by atoms with Crippen LogP contribution in [-0.2, 0) is 14.6 Å². The Labute approximate surface area is 122 Å². The molecule has 0 aliphatic heterocycles. The van der Waals surface area contributed by atoms with Crippen LogP contribution in [0.2, 0.25) is 0 Å². The molecule has 1 amide bonds. The monoisotopic (exact) mass is 315 g/mol. The number of sulfone groups is 1.